The molecule has 1 aliphatic carbocycles. The molecule has 0 radical (unpaired) electrons. The van der Waals surface area contributed by atoms with E-state index < -0.39 is 17.4 Å². The highest BCUT2D eigenvalue weighted by Gasteiger charge is 2.54. The maximum absolute atomic E-state index is 14.2. The molecule has 2 aromatic carbocycles. The van der Waals surface area contributed by atoms with Crippen molar-refractivity contribution in [1.29, 1.82) is 0 Å². The summed E-state index contributed by atoms with van der Waals surface area (Å²) in [7, 11) is 0. The van der Waals surface area contributed by atoms with Gasteiger partial charge >= 0.3 is 0 Å². The molecule has 3 aromatic rings. The zero-order valence-electron chi connectivity index (χ0n) is 19.0. The number of carbonyl (C=O) groups excluding carboxylic acids is 2. The highest BCUT2D eigenvalue weighted by molar-refractivity contribution is 6.30. The van der Waals surface area contributed by atoms with Gasteiger partial charge in [-0.25, -0.2) is 4.98 Å². The fourth-order valence-electron chi connectivity index (χ4n) is 5.25. The van der Waals surface area contributed by atoms with Crippen molar-refractivity contribution in [3.8, 4) is 11.5 Å². The third-order valence-corrected chi connectivity index (χ3v) is 7.06. The number of fused-ring (bicyclic) bond motifs is 1. The summed E-state index contributed by atoms with van der Waals surface area (Å²) in [5.41, 5.74) is 5.93. The van der Waals surface area contributed by atoms with Crippen LogP contribution >= 0.6 is 11.6 Å². The van der Waals surface area contributed by atoms with E-state index >= 15 is 0 Å². The van der Waals surface area contributed by atoms with E-state index in [4.69, 9.17) is 26.8 Å². The molecule has 0 spiro atoms. The highest BCUT2D eigenvalue weighted by Crippen LogP contribution is 2.48. The number of nitrogens with two attached hydrogens (primary N) is 1. The molecule has 8 nitrogen and oxygen atoms in total. The van der Waals surface area contributed by atoms with Gasteiger partial charge in [0.25, 0.3) is 5.91 Å². The third kappa shape index (κ3) is 4.08. The van der Waals surface area contributed by atoms with Gasteiger partial charge in [-0.05, 0) is 48.6 Å². The quantitative estimate of drug-likeness (QED) is 0.544. The van der Waals surface area contributed by atoms with Crippen LogP contribution in [0, 0.1) is 5.92 Å². The van der Waals surface area contributed by atoms with Gasteiger partial charge < -0.3 is 15.2 Å². The number of hydrogen-bond donors (Lipinski definition) is 1. The molecular formula is C26H25ClN4O4. The van der Waals surface area contributed by atoms with Gasteiger partial charge in [0, 0.05) is 29.2 Å². The van der Waals surface area contributed by atoms with Crippen LogP contribution in [-0.4, -0.2) is 28.6 Å². The molecule has 9 heteroatoms. The van der Waals surface area contributed by atoms with Crippen LogP contribution in [0.3, 0.4) is 0 Å². The minimum absolute atomic E-state index is 0.0810. The number of halogens is 1. The molecule has 1 atom stereocenters. The average molecular weight is 493 g/mol. The fourth-order valence-corrected chi connectivity index (χ4v) is 5.38. The van der Waals surface area contributed by atoms with Crippen LogP contribution in [0.1, 0.15) is 48.2 Å². The lowest BCUT2D eigenvalue weighted by Gasteiger charge is -2.48. The second-order valence-electron chi connectivity index (χ2n) is 8.74. The second kappa shape index (κ2) is 9.54. The van der Waals surface area contributed by atoms with Crippen molar-refractivity contribution in [2.24, 2.45) is 11.7 Å². The lowest BCUT2D eigenvalue weighted by atomic mass is 9.69. The molecule has 5 rings (SSSR count). The first-order valence-electron chi connectivity index (χ1n) is 11.6. The maximum Gasteiger partial charge on any atom is 0.279 e. The molecule has 2 N–H and O–H groups in total. The summed E-state index contributed by atoms with van der Waals surface area (Å²) in [4.78, 5) is 37.7. The first kappa shape index (κ1) is 23.1. The number of anilines is 1. The smallest absolute Gasteiger partial charge is 0.279 e. The van der Waals surface area contributed by atoms with Crippen molar-refractivity contribution in [2.45, 2.75) is 37.6 Å². The van der Waals surface area contributed by atoms with Gasteiger partial charge in [-0.3, -0.25) is 19.5 Å². The normalized spacial score (nSPS) is 16.9. The molecule has 1 saturated carbocycles. The molecule has 35 heavy (non-hydrogen) atoms. The predicted octanol–water partition coefficient (Wildman–Crippen LogP) is 4.47. The number of carbonyl (C=O) groups is 2. The van der Waals surface area contributed by atoms with E-state index in [0.29, 0.717) is 27.8 Å². The molecule has 2 heterocycles. The van der Waals surface area contributed by atoms with Gasteiger partial charge in [-0.1, -0.05) is 43.0 Å². The van der Waals surface area contributed by atoms with Crippen LogP contribution in [0.5, 0.6) is 11.5 Å². The molecule has 1 aliphatic heterocycles. The van der Waals surface area contributed by atoms with Crippen LogP contribution in [0.4, 0.5) is 5.69 Å². The van der Waals surface area contributed by atoms with E-state index in [0.717, 1.165) is 32.1 Å². The summed E-state index contributed by atoms with van der Waals surface area (Å²) >= 11 is 6.20. The summed E-state index contributed by atoms with van der Waals surface area (Å²) in [6.07, 6.45) is 8.72. The molecule has 0 saturated heterocycles. The first-order chi connectivity index (χ1) is 17.0. The Hall–Kier alpha value is -3.65. The molecule has 0 bridgehead atoms. The van der Waals surface area contributed by atoms with Gasteiger partial charge in [0.05, 0.1) is 6.20 Å². The van der Waals surface area contributed by atoms with Crippen LogP contribution in [0.25, 0.3) is 0 Å². The van der Waals surface area contributed by atoms with E-state index in [1.54, 1.807) is 42.5 Å². The number of aromatic nitrogens is 2. The molecule has 1 aromatic heterocycles. The maximum atomic E-state index is 14.2. The number of rotatable bonds is 6. The summed E-state index contributed by atoms with van der Waals surface area (Å²) in [5, 5.41) is 0.519. The van der Waals surface area contributed by atoms with Gasteiger partial charge in [0.1, 0.15) is 5.69 Å². The van der Waals surface area contributed by atoms with E-state index in [9.17, 15) is 9.59 Å². The summed E-state index contributed by atoms with van der Waals surface area (Å²) in [6, 6.07) is 12.1. The largest absolute Gasteiger partial charge is 0.454 e. The molecule has 2 amide bonds. The number of hydrogen-bond acceptors (Lipinski definition) is 6. The van der Waals surface area contributed by atoms with E-state index in [1.165, 1.54) is 23.5 Å². The number of benzene rings is 2. The standard InChI is InChI=1S/C26H25ClN4O4/c27-19-8-6-18(7-9-19)26(25(28)33,17-4-2-1-3-5-17)31(24(32)21-15-29-12-13-30-21)20-10-11-22-23(14-20)35-16-34-22/h6-15,17H,1-5,16H2,(H2,28,33). The number of ether oxygens (including phenoxy) is 2. The molecular weight excluding hydrogens is 468 g/mol. The Balaban J connectivity index is 1.78. The third-order valence-electron chi connectivity index (χ3n) is 6.81. The number of primary amides is 1. The highest BCUT2D eigenvalue weighted by atomic mass is 35.5. The van der Waals surface area contributed by atoms with Crippen molar-refractivity contribution < 1.29 is 19.1 Å². The Bertz CT molecular complexity index is 1230. The van der Waals surface area contributed by atoms with Crippen molar-refractivity contribution in [3.05, 3.63) is 77.3 Å². The molecule has 180 valence electrons. The van der Waals surface area contributed by atoms with E-state index in [2.05, 4.69) is 9.97 Å². The summed E-state index contributed by atoms with van der Waals surface area (Å²) < 4.78 is 11.1. The average Bonchev–Trinajstić information content (AvgIpc) is 3.36. The second-order valence-corrected chi connectivity index (χ2v) is 9.18. The van der Waals surface area contributed by atoms with E-state index in [-0.39, 0.29) is 18.4 Å². The zero-order valence-corrected chi connectivity index (χ0v) is 19.8. The SMILES string of the molecule is NC(=O)C(c1ccc(Cl)cc1)(C1CCCCC1)N(C(=O)c1cnccn1)c1ccc2c(c1)OCO2. The lowest BCUT2D eigenvalue weighted by molar-refractivity contribution is -0.126. The molecule has 2 aliphatic rings. The lowest BCUT2D eigenvalue weighted by Crippen LogP contribution is -2.62. The van der Waals surface area contributed by atoms with Crippen molar-refractivity contribution in [1.82, 2.24) is 9.97 Å². The molecule has 1 unspecified atom stereocenters. The fraction of sp³-hybridized carbons (Fsp3) is 0.308. The topological polar surface area (TPSA) is 108 Å². The minimum Gasteiger partial charge on any atom is -0.454 e. The van der Waals surface area contributed by atoms with Crippen LogP contribution in [0.2, 0.25) is 5.02 Å². The zero-order chi connectivity index (χ0) is 24.4. The van der Waals surface area contributed by atoms with Crippen molar-refractivity contribution in [3.63, 3.8) is 0 Å². The summed E-state index contributed by atoms with van der Waals surface area (Å²) in [6.45, 7) is 0.0810. The Kier molecular flexibility index (Phi) is 6.30. The Morgan fingerprint density at radius 1 is 1.00 bits per heavy atom. The van der Waals surface area contributed by atoms with Crippen molar-refractivity contribution in [2.75, 3.05) is 11.7 Å². The van der Waals surface area contributed by atoms with Gasteiger partial charge in [-0.15, -0.1) is 0 Å². The Morgan fingerprint density at radius 3 is 2.43 bits per heavy atom. The van der Waals surface area contributed by atoms with Crippen LogP contribution in [0.15, 0.2) is 61.1 Å². The first-order valence-corrected chi connectivity index (χ1v) is 12.0. The van der Waals surface area contributed by atoms with Crippen LogP contribution in [-0.2, 0) is 10.3 Å². The monoisotopic (exact) mass is 492 g/mol. The van der Waals surface area contributed by atoms with Gasteiger partial charge in [0.15, 0.2) is 17.0 Å². The predicted molar refractivity (Wildman–Crippen MR) is 130 cm³/mol. The Labute approximate surface area is 208 Å². The van der Waals surface area contributed by atoms with Gasteiger partial charge in [-0.2, -0.15) is 0 Å². The van der Waals surface area contributed by atoms with Gasteiger partial charge in [0.2, 0.25) is 12.7 Å². The Morgan fingerprint density at radius 2 is 1.74 bits per heavy atom. The number of nitrogens with zero attached hydrogens (tertiary/aromatic N) is 3. The van der Waals surface area contributed by atoms with Crippen molar-refractivity contribution >= 4 is 29.1 Å². The molecule has 1 fully saturated rings. The summed E-state index contributed by atoms with van der Waals surface area (Å²) in [5.74, 6) is -0.286. The minimum atomic E-state index is -1.49. The van der Waals surface area contributed by atoms with E-state index in [1.807, 2.05) is 0 Å². The number of amides is 2. The van der Waals surface area contributed by atoms with Crippen LogP contribution < -0.4 is 20.1 Å².